The lowest BCUT2D eigenvalue weighted by molar-refractivity contribution is 0.0322. The van der Waals surface area contributed by atoms with Gasteiger partial charge in [-0.3, -0.25) is 9.89 Å². The molecule has 0 spiro atoms. The molecule has 1 aromatic heterocycles. The Labute approximate surface area is 172 Å². The van der Waals surface area contributed by atoms with Gasteiger partial charge in [0.05, 0.1) is 18.7 Å². The maximum atomic E-state index is 5.96. The largest absolute Gasteiger partial charge is 0.492 e. The molecule has 2 aromatic rings. The number of anilines is 1. The summed E-state index contributed by atoms with van der Waals surface area (Å²) in [7, 11) is 0. The van der Waals surface area contributed by atoms with Crippen LogP contribution in [0.25, 0.3) is 10.9 Å². The molecular weight excluding hydrogens is 366 g/mol. The van der Waals surface area contributed by atoms with Crippen LogP contribution in [0.4, 0.5) is 5.82 Å². The van der Waals surface area contributed by atoms with Crippen molar-refractivity contribution in [1.82, 2.24) is 9.88 Å². The third-order valence-corrected chi connectivity index (χ3v) is 4.66. The van der Waals surface area contributed by atoms with Crippen LogP contribution in [0.3, 0.4) is 0 Å². The number of nitrogens with zero attached hydrogens (tertiary/aromatic N) is 3. The normalized spacial score (nSPS) is 16.1. The second-order valence-electron chi connectivity index (χ2n) is 7.43. The van der Waals surface area contributed by atoms with E-state index in [0.29, 0.717) is 12.4 Å². The zero-order valence-electron chi connectivity index (χ0n) is 17.5. The quantitative estimate of drug-likeness (QED) is 0.526. The monoisotopic (exact) mass is 397 g/mol. The summed E-state index contributed by atoms with van der Waals surface area (Å²) in [5.74, 6) is 2.08. The van der Waals surface area contributed by atoms with E-state index in [4.69, 9.17) is 20.2 Å². The minimum atomic E-state index is 0.169. The summed E-state index contributed by atoms with van der Waals surface area (Å²) < 4.78 is 11.3. The Morgan fingerprint density at radius 2 is 2.14 bits per heavy atom. The molecule has 3 N–H and O–H groups in total. The maximum absolute atomic E-state index is 5.96. The minimum absolute atomic E-state index is 0.169. The van der Waals surface area contributed by atoms with E-state index in [2.05, 4.69) is 28.2 Å². The van der Waals surface area contributed by atoms with E-state index in [-0.39, 0.29) is 6.04 Å². The summed E-state index contributed by atoms with van der Waals surface area (Å²) in [6.45, 7) is 11.2. The Bertz CT molecular complexity index is 873. The molecule has 1 fully saturated rings. The van der Waals surface area contributed by atoms with Crippen molar-refractivity contribution in [1.29, 1.82) is 0 Å². The summed E-state index contributed by atoms with van der Waals surface area (Å²) in [6, 6.07) is 8.25. The number of rotatable bonds is 8. The van der Waals surface area contributed by atoms with Crippen LogP contribution in [-0.2, 0) is 4.74 Å². The first-order valence-electron chi connectivity index (χ1n) is 10.1. The molecule has 156 valence electrons. The van der Waals surface area contributed by atoms with E-state index < -0.39 is 0 Å². The van der Waals surface area contributed by atoms with Crippen molar-refractivity contribution in [3.05, 3.63) is 42.1 Å². The highest BCUT2D eigenvalue weighted by molar-refractivity contribution is 5.91. The van der Waals surface area contributed by atoms with E-state index in [1.807, 2.05) is 32.0 Å². The van der Waals surface area contributed by atoms with E-state index >= 15 is 0 Å². The van der Waals surface area contributed by atoms with Crippen molar-refractivity contribution < 1.29 is 9.47 Å². The number of pyridine rings is 1. The van der Waals surface area contributed by atoms with Crippen molar-refractivity contribution in [3.63, 3.8) is 0 Å². The van der Waals surface area contributed by atoms with Crippen molar-refractivity contribution in [2.75, 3.05) is 44.8 Å². The van der Waals surface area contributed by atoms with Gasteiger partial charge < -0.3 is 20.5 Å². The summed E-state index contributed by atoms with van der Waals surface area (Å²) in [5, 5.41) is 4.29. The molecule has 0 atom stereocenters. The smallest absolute Gasteiger partial charge is 0.130 e. The van der Waals surface area contributed by atoms with Gasteiger partial charge in [0, 0.05) is 43.3 Å². The number of fused-ring (bicyclic) bond motifs is 1. The second-order valence-corrected chi connectivity index (χ2v) is 7.43. The Balaban J connectivity index is 1.64. The number of hydrogen-bond acceptors (Lipinski definition) is 6. The van der Waals surface area contributed by atoms with E-state index in [1.165, 1.54) is 0 Å². The molecule has 0 amide bonds. The van der Waals surface area contributed by atoms with Crippen LogP contribution in [0, 0.1) is 6.92 Å². The van der Waals surface area contributed by atoms with Crippen LogP contribution in [0.5, 0.6) is 5.75 Å². The number of aryl methyl sites for hydroxylation is 1. The molecule has 1 aliphatic rings. The van der Waals surface area contributed by atoms with Crippen LogP contribution in [0.2, 0.25) is 0 Å². The van der Waals surface area contributed by atoms with Crippen molar-refractivity contribution in [2.45, 2.75) is 26.8 Å². The van der Waals surface area contributed by atoms with Crippen LogP contribution >= 0.6 is 0 Å². The highest BCUT2D eigenvalue weighted by Gasteiger charge is 2.10. The molecular formula is C22H31N5O2. The van der Waals surface area contributed by atoms with Crippen LogP contribution in [-0.4, -0.2) is 61.2 Å². The van der Waals surface area contributed by atoms with Gasteiger partial charge in [-0.05, 0) is 50.6 Å². The molecule has 0 saturated carbocycles. The molecule has 2 heterocycles. The van der Waals surface area contributed by atoms with Gasteiger partial charge in [-0.25, -0.2) is 4.98 Å². The Hall–Kier alpha value is -2.64. The van der Waals surface area contributed by atoms with E-state index in [0.717, 1.165) is 60.9 Å². The highest BCUT2D eigenvalue weighted by Crippen LogP contribution is 2.24. The first-order chi connectivity index (χ1) is 14.0. The summed E-state index contributed by atoms with van der Waals surface area (Å²) >= 11 is 0. The lowest BCUT2D eigenvalue weighted by Crippen LogP contribution is -2.38. The number of hydrogen-bond donors (Lipinski definition) is 2. The van der Waals surface area contributed by atoms with Gasteiger partial charge in [-0.1, -0.05) is 0 Å². The Morgan fingerprint density at radius 3 is 2.90 bits per heavy atom. The van der Waals surface area contributed by atoms with E-state index in [9.17, 15) is 0 Å². The van der Waals surface area contributed by atoms with Crippen LogP contribution in [0.15, 0.2) is 41.5 Å². The molecule has 7 nitrogen and oxygen atoms in total. The molecule has 1 aromatic carbocycles. The molecule has 29 heavy (non-hydrogen) atoms. The third kappa shape index (κ3) is 6.44. The molecule has 7 heteroatoms. The van der Waals surface area contributed by atoms with Gasteiger partial charge in [0.1, 0.15) is 24.0 Å². The lowest BCUT2D eigenvalue weighted by Gasteiger charge is -2.26. The standard InChI is InChI=1S/C22H31N5O2/c1-16(2)25-21(23)6-7-24-22-14-17(3)19-5-4-18(15-20(19)26-22)29-13-10-27-8-11-28-12-9-27/h4-7,14-16H,8-13H2,1-3H3,(H2,23,25)(H,24,26)/b7-6-. The average Bonchev–Trinajstić information content (AvgIpc) is 2.68. The van der Waals surface area contributed by atoms with Crippen molar-refractivity contribution in [3.8, 4) is 5.75 Å². The summed E-state index contributed by atoms with van der Waals surface area (Å²) in [6.07, 6.45) is 3.50. The van der Waals surface area contributed by atoms with E-state index in [1.54, 1.807) is 12.3 Å². The molecule has 0 radical (unpaired) electrons. The number of ether oxygens (including phenoxy) is 2. The molecule has 0 bridgehead atoms. The molecule has 1 aliphatic heterocycles. The molecule has 0 unspecified atom stereocenters. The number of nitrogens with two attached hydrogens (primary N) is 1. The second kappa shape index (κ2) is 10.2. The number of aliphatic imine (C=N–C) groups is 1. The minimum Gasteiger partial charge on any atom is -0.492 e. The van der Waals surface area contributed by atoms with Crippen molar-refractivity contribution in [2.24, 2.45) is 10.7 Å². The van der Waals surface area contributed by atoms with Crippen molar-refractivity contribution >= 4 is 22.6 Å². The summed E-state index contributed by atoms with van der Waals surface area (Å²) in [4.78, 5) is 11.3. The molecule has 3 rings (SSSR count). The number of amidine groups is 1. The molecule has 0 aliphatic carbocycles. The first-order valence-corrected chi connectivity index (χ1v) is 10.1. The Kier molecular flexibility index (Phi) is 7.43. The average molecular weight is 398 g/mol. The lowest BCUT2D eigenvalue weighted by atomic mass is 10.1. The summed E-state index contributed by atoms with van der Waals surface area (Å²) in [5.41, 5.74) is 7.90. The maximum Gasteiger partial charge on any atom is 0.130 e. The number of morpholine rings is 1. The van der Waals surface area contributed by atoms with Gasteiger partial charge in [0.15, 0.2) is 0 Å². The fraction of sp³-hybridized carbons (Fsp3) is 0.455. The fourth-order valence-corrected chi connectivity index (χ4v) is 3.22. The number of aromatic nitrogens is 1. The zero-order valence-corrected chi connectivity index (χ0v) is 17.5. The van der Waals surface area contributed by atoms with Crippen LogP contribution < -0.4 is 15.8 Å². The zero-order chi connectivity index (χ0) is 20.6. The third-order valence-electron chi connectivity index (χ3n) is 4.66. The molecule has 1 saturated heterocycles. The highest BCUT2D eigenvalue weighted by atomic mass is 16.5. The van der Waals surface area contributed by atoms with Crippen LogP contribution in [0.1, 0.15) is 19.4 Å². The topological polar surface area (TPSA) is 85.0 Å². The van der Waals surface area contributed by atoms with Gasteiger partial charge in [-0.2, -0.15) is 0 Å². The predicted molar refractivity (Wildman–Crippen MR) is 119 cm³/mol. The Morgan fingerprint density at radius 1 is 1.34 bits per heavy atom. The fourth-order valence-electron chi connectivity index (χ4n) is 3.22. The number of benzene rings is 1. The van der Waals surface area contributed by atoms with Gasteiger partial charge in [-0.15, -0.1) is 0 Å². The van der Waals surface area contributed by atoms with Gasteiger partial charge in [0.2, 0.25) is 0 Å². The van der Waals surface area contributed by atoms with Gasteiger partial charge >= 0.3 is 0 Å². The number of nitrogens with one attached hydrogen (secondary N) is 1. The van der Waals surface area contributed by atoms with Gasteiger partial charge in [0.25, 0.3) is 0 Å². The predicted octanol–water partition coefficient (Wildman–Crippen LogP) is 2.95. The SMILES string of the molecule is Cc1cc(N/C=C\C(N)=NC(C)C)nc2cc(OCCN3CCOCC3)ccc12. The first kappa shape index (κ1) is 21.1.